The van der Waals surface area contributed by atoms with E-state index in [4.69, 9.17) is 5.73 Å². The Morgan fingerprint density at radius 3 is 2.50 bits per heavy atom. The summed E-state index contributed by atoms with van der Waals surface area (Å²) in [7, 11) is 0. The smallest absolute Gasteiger partial charge is 0.234 e. The van der Waals surface area contributed by atoms with Crippen LogP contribution in [0.4, 0.5) is 10.1 Å². The second kappa shape index (κ2) is 7.56. The zero-order valence-electron chi connectivity index (χ0n) is 12.5. The first-order chi connectivity index (χ1) is 10.5. The fraction of sp³-hybridized carbons (Fsp3) is 0.235. The van der Waals surface area contributed by atoms with Crippen LogP contribution in [0.25, 0.3) is 0 Å². The molecule has 0 spiro atoms. The Morgan fingerprint density at radius 2 is 1.86 bits per heavy atom. The molecule has 0 radical (unpaired) electrons. The fourth-order valence-corrected chi connectivity index (χ4v) is 1.96. The molecule has 0 aliphatic carbocycles. The highest BCUT2D eigenvalue weighted by atomic mass is 19.1. The van der Waals surface area contributed by atoms with Crippen LogP contribution in [-0.4, -0.2) is 11.9 Å². The summed E-state index contributed by atoms with van der Waals surface area (Å²) in [5, 5.41) is 6.28. The van der Waals surface area contributed by atoms with Crippen molar-refractivity contribution in [1.82, 2.24) is 5.32 Å². The average molecular weight is 301 g/mol. The van der Waals surface area contributed by atoms with Crippen LogP contribution in [0, 0.1) is 5.82 Å². The number of carbonyl (C=O) groups excluding carboxylic acids is 1. The van der Waals surface area contributed by atoms with Gasteiger partial charge in [-0.25, -0.2) is 4.39 Å². The van der Waals surface area contributed by atoms with E-state index in [1.165, 1.54) is 12.1 Å². The van der Waals surface area contributed by atoms with Crippen molar-refractivity contribution in [2.75, 3.05) is 5.32 Å². The summed E-state index contributed by atoms with van der Waals surface area (Å²) in [4.78, 5) is 10.9. The molecule has 0 heterocycles. The predicted octanol–water partition coefficient (Wildman–Crippen LogP) is 2.40. The van der Waals surface area contributed by atoms with Gasteiger partial charge >= 0.3 is 0 Å². The van der Waals surface area contributed by atoms with E-state index in [0.29, 0.717) is 13.1 Å². The zero-order valence-corrected chi connectivity index (χ0v) is 12.5. The number of amides is 1. The molecule has 2 aromatic rings. The van der Waals surface area contributed by atoms with E-state index in [1.54, 1.807) is 13.0 Å². The molecular formula is C17H20FN3O. The lowest BCUT2D eigenvalue weighted by Gasteiger charge is -2.11. The second-order valence-electron chi connectivity index (χ2n) is 5.19. The van der Waals surface area contributed by atoms with Crippen molar-refractivity contribution in [2.45, 2.75) is 26.1 Å². The minimum absolute atomic E-state index is 0.232. The molecule has 5 heteroatoms. The number of anilines is 1. The molecule has 1 atom stereocenters. The van der Waals surface area contributed by atoms with Crippen LogP contribution in [0.1, 0.15) is 18.1 Å². The normalized spacial score (nSPS) is 11.9. The molecule has 22 heavy (non-hydrogen) atoms. The highest BCUT2D eigenvalue weighted by molar-refractivity contribution is 5.79. The lowest BCUT2D eigenvalue weighted by atomic mass is 10.1. The van der Waals surface area contributed by atoms with Crippen LogP contribution < -0.4 is 16.4 Å². The summed E-state index contributed by atoms with van der Waals surface area (Å²) in [6, 6.07) is 14.0. The molecule has 0 unspecified atom stereocenters. The third-order valence-electron chi connectivity index (χ3n) is 3.38. The van der Waals surface area contributed by atoms with Gasteiger partial charge in [-0.3, -0.25) is 4.79 Å². The van der Waals surface area contributed by atoms with Gasteiger partial charge in [-0.2, -0.15) is 0 Å². The molecule has 0 saturated carbocycles. The quantitative estimate of drug-likeness (QED) is 0.735. The monoisotopic (exact) mass is 301 g/mol. The van der Waals surface area contributed by atoms with Crippen LogP contribution in [-0.2, 0) is 17.9 Å². The fourth-order valence-electron chi connectivity index (χ4n) is 1.96. The summed E-state index contributed by atoms with van der Waals surface area (Å²) in [6.45, 7) is 2.87. The van der Waals surface area contributed by atoms with Gasteiger partial charge in [0.05, 0.1) is 6.04 Å². The van der Waals surface area contributed by atoms with Gasteiger partial charge in [-0.05, 0) is 42.3 Å². The van der Waals surface area contributed by atoms with Crippen molar-refractivity contribution in [3.05, 3.63) is 65.5 Å². The number of benzene rings is 2. The van der Waals surface area contributed by atoms with Crippen molar-refractivity contribution in [1.29, 1.82) is 0 Å². The van der Waals surface area contributed by atoms with Crippen LogP contribution in [0.3, 0.4) is 0 Å². The summed E-state index contributed by atoms with van der Waals surface area (Å²) in [5.74, 6) is -0.599. The van der Waals surface area contributed by atoms with E-state index in [1.807, 2.05) is 30.3 Å². The molecule has 0 aliphatic heterocycles. The minimum atomic E-state index is -0.367. The maximum Gasteiger partial charge on any atom is 0.234 e. The Morgan fingerprint density at radius 1 is 1.14 bits per heavy atom. The van der Waals surface area contributed by atoms with Gasteiger partial charge in [0.2, 0.25) is 5.91 Å². The second-order valence-corrected chi connectivity index (χ2v) is 5.19. The van der Waals surface area contributed by atoms with Gasteiger partial charge in [0.1, 0.15) is 5.82 Å². The lowest BCUT2D eigenvalue weighted by molar-refractivity contribution is -0.119. The number of hydrogen-bond donors (Lipinski definition) is 3. The van der Waals surface area contributed by atoms with E-state index < -0.39 is 0 Å². The Labute approximate surface area is 129 Å². The highest BCUT2D eigenvalue weighted by Gasteiger charge is 2.06. The average Bonchev–Trinajstić information content (AvgIpc) is 2.51. The van der Waals surface area contributed by atoms with Gasteiger partial charge in [-0.15, -0.1) is 0 Å². The number of hydrogen-bond acceptors (Lipinski definition) is 3. The first kappa shape index (κ1) is 16.0. The van der Waals surface area contributed by atoms with Crippen molar-refractivity contribution >= 4 is 11.6 Å². The molecule has 0 fully saturated rings. The van der Waals surface area contributed by atoms with Gasteiger partial charge in [-0.1, -0.05) is 24.3 Å². The predicted molar refractivity (Wildman–Crippen MR) is 85.7 cm³/mol. The van der Waals surface area contributed by atoms with E-state index in [2.05, 4.69) is 10.6 Å². The number of primary amides is 1. The topological polar surface area (TPSA) is 67.2 Å². The summed E-state index contributed by atoms with van der Waals surface area (Å²) < 4.78 is 13.1. The molecule has 4 nitrogen and oxygen atoms in total. The Bertz CT molecular complexity index is 628. The third kappa shape index (κ3) is 4.86. The highest BCUT2D eigenvalue weighted by Crippen LogP contribution is 2.12. The molecule has 4 N–H and O–H groups in total. The molecule has 0 bridgehead atoms. The molecule has 0 aliphatic rings. The van der Waals surface area contributed by atoms with Crippen LogP contribution in [0.5, 0.6) is 0 Å². The standard InChI is InChI=1S/C17H20FN3O/c1-12(17(19)22)20-10-13-5-7-16(8-6-13)21-11-14-3-2-4-15(18)9-14/h2-9,12,20-21H,10-11H2,1H3,(H2,19,22)/t12-/m1/s1. The maximum atomic E-state index is 13.1. The van der Waals surface area contributed by atoms with Crippen molar-refractivity contribution in [3.63, 3.8) is 0 Å². The summed E-state index contributed by atoms with van der Waals surface area (Å²) in [6.07, 6.45) is 0. The first-order valence-corrected chi connectivity index (χ1v) is 7.14. The number of nitrogens with two attached hydrogens (primary N) is 1. The number of nitrogens with one attached hydrogen (secondary N) is 2. The SMILES string of the molecule is C[C@@H](NCc1ccc(NCc2cccc(F)c2)cc1)C(N)=O. The lowest BCUT2D eigenvalue weighted by Crippen LogP contribution is -2.38. The van der Waals surface area contributed by atoms with Gasteiger partial charge < -0.3 is 16.4 Å². The largest absolute Gasteiger partial charge is 0.381 e. The molecule has 0 saturated heterocycles. The third-order valence-corrected chi connectivity index (χ3v) is 3.38. The van der Waals surface area contributed by atoms with E-state index in [9.17, 15) is 9.18 Å². The minimum Gasteiger partial charge on any atom is -0.381 e. The summed E-state index contributed by atoms with van der Waals surface area (Å²) >= 11 is 0. The summed E-state index contributed by atoms with van der Waals surface area (Å²) in [5.41, 5.74) is 8.10. The Balaban J connectivity index is 1.85. The number of rotatable bonds is 7. The van der Waals surface area contributed by atoms with Crippen molar-refractivity contribution in [2.24, 2.45) is 5.73 Å². The molecule has 1 amide bonds. The van der Waals surface area contributed by atoms with Crippen LogP contribution >= 0.6 is 0 Å². The number of carbonyl (C=O) groups is 1. The molecule has 0 aromatic heterocycles. The van der Waals surface area contributed by atoms with Crippen molar-refractivity contribution < 1.29 is 9.18 Å². The first-order valence-electron chi connectivity index (χ1n) is 7.14. The van der Waals surface area contributed by atoms with Crippen LogP contribution in [0.15, 0.2) is 48.5 Å². The molecular weight excluding hydrogens is 281 g/mol. The zero-order chi connectivity index (χ0) is 15.9. The maximum absolute atomic E-state index is 13.1. The van der Waals surface area contributed by atoms with Crippen molar-refractivity contribution in [3.8, 4) is 0 Å². The van der Waals surface area contributed by atoms with E-state index in [0.717, 1.165) is 16.8 Å². The molecule has 2 aromatic carbocycles. The van der Waals surface area contributed by atoms with Crippen LogP contribution in [0.2, 0.25) is 0 Å². The Kier molecular flexibility index (Phi) is 5.49. The van der Waals surface area contributed by atoms with E-state index >= 15 is 0 Å². The molecule has 2 rings (SSSR count). The molecule has 116 valence electrons. The van der Waals surface area contributed by atoms with Gasteiger partial charge in [0, 0.05) is 18.8 Å². The van der Waals surface area contributed by atoms with Gasteiger partial charge in [0.25, 0.3) is 0 Å². The number of halogens is 1. The van der Waals surface area contributed by atoms with Gasteiger partial charge in [0.15, 0.2) is 0 Å². The van der Waals surface area contributed by atoms with E-state index in [-0.39, 0.29) is 17.8 Å². The Hall–Kier alpha value is -2.40.